The Kier molecular flexibility index (Phi) is 7.50. The number of aryl methyl sites for hydroxylation is 1. The van der Waals surface area contributed by atoms with Gasteiger partial charge in [0.05, 0.1) is 35.4 Å². The maximum absolute atomic E-state index is 14.0. The summed E-state index contributed by atoms with van der Waals surface area (Å²) < 4.78 is 4.25. The number of aromatic nitrogens is 4. The van der Waals surface area contributed by atoms with Crippen molar-refractivity contribution in [3.8, 4) is 17.9 Å². The number of piperidine rings is 1. The van der Waals surface area contributed by atoms with E-state index in [4.69, 9.17) is 5.73 Å². The van der Waals surface area contributed by atoms with Gasteiger partial charge in [-0.1, -0.05) is 5.92 Å². The van der Waals surface area contributed by atoms with Gasteiger partial charge in [-0.3, -0.25) is 23.8 Å². The molecule has 1 fully saturated rings. The van der Waals surface area contributed by atoms with E-state index in [2.05, 4.69) is 27.8 Å². The Bertz CT molecular complexity index is 1550. The molecule has 4 heterocycles. The topological polar surface area (TPSA) is 138 Å². The van der Waals surface area contributed by atoms with Crippen molar-refractivity contribution in [3.63, 3.8) is 0 Å². The lowest BCUT2D eigenvalue weighted by Gasteiger charge is -2.35. The highest BCUT2D eigenvalue weighted by Crippen LogP contribution is 2.37. The molecule has 4 rings (SSSR count). The minimum absolute atomic E-state index is 0.0594. The number of hydrogen-bond acceptors (Lipinski definition) is 8. The van der Waals surface area contributed by atoms with Gasteiger partial charge in [-0.15, -0.1) is 5.92 Å². The SMILES string of the molecule is CC#CCn1c(N2CCC[C@@H](N)C2)c(C(O)N(C)C)c2c1c(=O)n(Cc1ncccc1C#N)c(=O)n2C. The molecule has 0 bridgehead atoms. The molecule has 3 N–H and O–H groups in total. The summed E-state index contributed by atoms with van der Waals surface area (Å²) in [5.41, 5.74) is 6.88. The second kappa shape index (κ2) is 10.6. The molecule has 0 spiro atoms. The number of nitrogens with two attached hydrogens (primary N) is 1. The first-order chi connectivity index (χ1) is 17.7. The maximum atomic E-state index is 14.0. The number of pyridine rings is 1. The van der Waals surface area contributed by atoms with E-state index in [-0.39, 0.29) is 30.2 Å². The van der Waals surface area contributed by atoms with Crippen LogP contribution in [0.2, 0.25) is 0 Å². The first-order valence-electron chi connectivity index (χ1n) is 12.2. The number of nitriles is 1. The van der Waals surface area contributed by atoms with E-state index < -0.39 is 17.5 Å². The Morgan fingerprint density at radius 3 is 2.70 bits per heavy atom. The molecule has 1 unspecified atom stereocenters. The van der Waals surface area contributed by atoms with Gasteiger partial charge in [-0.2, -0.15) is 5.26 Å². The number of fused-ring (bicyclic) bond motifs is 1. The van der Waals surface area contributed by atoms with Crippen LogP contribution in [0.4, 0.5) is 5.82 Å². The van der Waals surface area contributed by atoms with Crippen LogP contribution in [0, 0.1) is 23.2 Å². The fourth-order valence-corrected chi connectivity index (χ4v) is 4.97. The summed E-state index contributed by atoms with van der Waals surface area (Å²) in [7, 11) is 5.04. The number of nitrogens with zero attached hydrogens (tertiary/aromatic N) is 7. The molecular formula is C26H32N8O3. The van der Waals surface area contributed by atoms with Gasteiger partial charge >= 0.3 is 5.69 Å². The zero-order valence-electron chi connectivity index (χ0n) is 21.6. The number of aliphatic hydroxyl groups excluding tert-OH is 1. The Balaban J connectivity index is 2.10. The van der Waals surface area contributed by atoms with Crippen molar-refractivity contribution in [2.24, 2.45) is 12.8 Å². The van der Waals surface area contributed by atoms with E-state index in [1.165, 1.54) is 10.8 Å². The third kappa shape index (κ3) is 4.65. The molecule has 1 saturated heterocycles. The van der Waals surface area contributed by atoms with E-state index in [1.807, 2.05) is 0 Å². The third-order valence-electron chi connectivity index (χ3n) is 6.78. The van der Waals surface area contributed by atoms with Gasteiger partial charge in [0.2, 0.25) is 0 Å². The summed E-state index contributed by atoms with van der Waals surface area (Å²) in [6, 6.07) is 5.23. The minimum atomic E-state index is -1.09. The van der Waals surface area contributed by atoms with Crippen LogP contribution in [-0.2, 0) is 20.1 Å². The lowest BCUT2D eigenvalue weighted by molar-refractivity contribution is 0.0407. The summed E-state index contributed by atoms with van der Waals surface area (Å²) in [6.45, 7) is 2.99. The smallest absolute Gasteiger partial charge is 0.331 e. The Morgan fingerprint density at radius 1 is 1.30 bits per heavy atom. The number of hydrogen-bond donors (Lipinski definition) is 2. The molecule has 0 aliphatic carbocycles. The van der Waals surface area contributed by atoms with Crippen molar-refractivity contribution >= 4 is 16.9 Å². The fourth-order valence-electron chi connectivity index (χ4n) is 4.97. The molecule has 0 aromatic carbocycles. The van der Waals surface area contributed by atoms with Crippen molar-refractivity contribution in [2.75, 3.05) is 32.1 Å². The van der Waals surface area contributed by atoms with Crippen LogP contribution in [0.25, 0.3) is 11.0 Å². The highest BCUT2D eigenvalue weighted by Gasteiger charge is 2.33. The van der Waals surface area contributed by atoms with Crippen LogP contribution in [0.1, 0.15) is 42.8 Å². The van der Waals surface area contributed by atoms with Gasteiger partial charge in [0.25, 0.3) is 5.56 Å². The van der Waals surface area contributed by atoms with E-state index >= 15 is 0 Å². The number of anilines is 1. The van der Waals surface area contributed by atoms with E-state index in [1.54, 1.807) is 49.7 Å². The first kappa shape index (κ1) is 26.2. The highest BCUT2D eigenvalue weighted by molar-refractivity contribution is 5.87. The molecule has 2 atom stereocenters. The van der Waals surface area contributed by atoms with Crippen molar-refractivity contribution < 1.29 is 5.11 Å². The van der Waals surface area contributed by atoms with E-state index in [0.29, 0.717) is 35.7 Å². The van der Waals surface area contributed by atoms with Gasteiger partial charge in [0, 0.05) is 32.4 Å². The zero-order valence-corrected chi connectivity index (χ0v) is 21.6. The van der Waals surface area contributed by atoms with Crippen LogP contribution < -0.4 is 21.9 Å². The summed E-state index contributed by atoms with van der Waals surface area (Å²) in [5, 5.41) is 20.8. The van der Waals surface area contributed by atoms with Crippen molar-refractivity contribution in [1.82, 2.24) is 23.6 Å². The van der Waals surface area contributed by atoms with Gasteiger partial charge in [-0.05, 0) is 46.0 Å². The van der Waals surface area contributed by atoms with Crippen LogP contribution in [0.3, 0.4) is 0 Å². The predicted molar refractivity (Wildman–Crippen MR) is 141 cm³/mol. The van der Waals surface area contributed by atoms with Crippen LogP contribution >= 0.6 is 0 Å². The molecule has 11 heteroatoms. The molecule has 1 aliphatic heterocycles. The van der Waals surface area contributed by atoms with Crippen LogP contribution in [0.5, 0.6) is 0 Å². The molecule has 11 nitrogen and oxygen atoms in total. The fraction of sp³-hybridized carbons (Fsp3) is 0.462. The van der Waals surface area contributed by atoms with Gasteiger partial charge < -0.3 is 20.3 Å². The second-order valence-electron chi connectivity index (χ2n) is 9.48. The third-order valence-corrected chi connectivity index (χ3v) is 6.78. The molecule has 3 aromatic rings. The average molecular weight is 505 g/mol. The van der Waals surface area contributed by atoms with E-state index in [9.17, 15) is 20.0 Å². The molecule has 0 saturated carbocycles. The normalized spacial score (nSPS) is 16.5. The summed E-state index contributed by atoms with van der Waals surface area (Å²) in [6.07, 6.45) is 2.17. The maximum Gasteiger partial charge on any atom is 0.331 e. The van der Waals surface area contributed by atoms with E-state index in [0.717, 1.165) is 17.4 Å². The molecule has 1 aliphatic rings. The predicted octanol–water partition coefficient (Wildman–Crippen LogP) is 0.320. The second-order valence-corrected chi connectivity index (χ2v) is 9.48. The van der Waals surface area contributed by atoms with Gasteiger partial charge in [0.15, 0.2) is 0 Å². The average Bonchev–Trinajstić information content (AvgIpc) is 3.23. The van der Waals surface area contributed by atoms with Crippen molar-refractivity contribution in [3.05, 3.63) is 56.0 Å². The largest absolute Gasteiger partial charge is 0.374 e. The molecule has 194 valence electrons. The molecule has 0 amide bonds. The van der Waals surface area contributed by atoms with Crippen LogP contribution in [0.15, 0.2) is 27.9 Å². The van der Waals surface area contributed by atoms with Gasteiger partial charge in [-0.25, -0.2) is 4.79 Å². The summed E-state index contributed by atoms with van der Waals surface area (Å²) in [4.78, 5) is 35.5. The quantitative estimate of drug-likeness (QED) is 0.362. The molecular weight excluding hydrogens is 472 g/mol. The van der Waals surface area contributed by atoms with Crippen molar-refractivity contribution in [1.29, 1.82) is 5.26 Å². The number of rotatable bonds is 6. The Morgan fingerprint density at radius 2 is 2.05 bits per heavy atom. The molecule has 3 aromatic heterocycles. The molecule has 0 radical (unpaired) electrons. The monoisotopic (exact) mass is 504 g/mol. The Labute approximate surface area is 215 Å². The van der Waals surface area contributed by atoms with Crippen molar-refractivity contribution in [2.45, 2.75) is 45.1 Å². The lowest BCUT2D eigenvalue weighted by atomic mass is 10.1. The highest BCUT2D eigenvalue weighted by atomic mass is 16.3. The molecule has 37 heavy (non-hydrogen) atoms. The number of aliphatic hydroxyl groups is 1. The standard InChI is InChI=1S/C26H32N8O3/c1-5-6-13-33-22-21(20(24(35)30(2)3)23(33)32-12-8-10-18(28)15-32)31(4)26(37)34(25(22)36)16-19-17(14-27)9-7-11-29-19/h7,9,11,18,24,35H,8,10,12-13,15-16,28H2,1-4H3/t18-,24?/m1/s1. The first-order valence-corrected chi connectivity index (χ1v) is 12.2. The minimum Gasteiger partial charge on any atom is -0.374 e. The van der Waals surface area contributed by atoms with Gasteiger partial charge in [0.1, 0.15) is 23.6 Å². The Hall–Kier alpha value is -3.90. The van der Waals surface area contributed by atoms with Crippen LogP contribution in [-0.4, -0.2) is 61.9 Å². The summed E-state index contributed by atoms with van der Waals surface area (Å²) in [5.74, 6) is 6.57. The zero-order chi connectivity index (χ0) is 26.9. The lowest BCUT2D eigenvalue weighted by Crippen LogP contribution is -2.44. The summed E-state index contributed by atoms with van der Waals surface area (Å²) >= 11 is 0.